The summed E-state index contributed by atoms with van der Waals surface area (Å²) in [5.74, 6) is 1.00. The summed E-state index contributed by atoms with van der Waals surface area (Å²) in [6.45, 7) is 2.80. The lowest BCUT2D eigenvalue weighted by Gasteiger charge is -2.07. The zero-order valence-corrected chi connectivity index (χ0v) is 9.14. The van der Waals surface area contributed by atoms with Crippen molar-refractivity contribution in [3.8, 4) is 11.5 Å². The second-order valence-corrected chi connectivity index (χ2v) is 3.45. The van der Waals surface area contributed by atoms with Crippen LogP contribution in [0.1, 0.15) is 6.92 Å². The molecule has 0 heterocycles. The third-order valence-electron chi connectivity index (χ3n) is 2.31. The first-order valence-corrected chi connectivity index (χ1v) is 5.23. The molecule has 2 aromatic rings. The number of hydrogen-bond acceptors (Lipinski definition) is 3. The van der Waals surface area contributed by atoms with E-state index < -0.39 is 0 Å². The molecule has 0 spiro atoms. The van der Waals surface area contributed by atoms with E-state index in [0.717, 1.165) is 16.5 Å². The fourth-order valence-corrected chi connectivity index (χ4v) is 1.50. The number of phenols is 1. The molecule has 0 aliphatic rings. The molecule has 0 bridgehead atoms. The maximum absolute atomic E-state index is 9.37. The number of aromatic hydroxyl groups is 1. The number of phenolic OH excluding ortho intramolecular Hbond substituents is 1. The Labute approximate surface area is 94.2 Å². The second kappa shape index (κ2) is 4.86. The van der Waals surface area contributed by atoms with Crippen molar-refractivity contribution in [2.75, 3.05) is 13.4 Å². The van der Waals surface area contributed by atoms with Crippen LogP contribution in [0, 0.1) is 0 Å². The Morgan fingerprint density at radius 3 is 2.69 bits per heavy atom. The second-order valence-electron chi connectivity index (χ2n) is 3.45. The first-order chi connectivity index (χ1) is 7.79. The van der Waals surface area contributed by atoms with E-state index in [1.165, 1.54) is 0 Å². The third kappa shape index (κ3) is 2.44. The zero-order valence-electron chi connectivity index (χ0n) is 9.14. The Balaban J connectivity index is 2.21. The van der Waals surface area contributed by atoms with Gasteiger partial charge < -0.3 is 14.6 Å². The van der Waals surface area contributed by atoms with Crippen LogP contribution in [0.5, 0.6) is 11.5 Å². The molecule has 0 fully saturated rings. The van der Waals surface area contributed by atoms with Gasteiger partial charge in [-0.3, -0.25) is 0 Å². The van der Waals surface area contributed by atoms with Crippen molar-refractivity contribution in [1.29, 1.82) is 0 Å². The molecule has 0 aromatic heterocycles. The van der Waals surface area contributed by atoms with Gasteiger partial charge in [0, 0.05) is 6.61 Å². The highest BCUT2D eigenvalue weighted by Gasteiger charge is 1.98. The van der Waals surface area contributed by atoms with Crippen molar-refractivity contribution in [2.24, 2.45) is 0 Å². The van der Waals surface area contributed by atoms with Crippen LogP contribution in [0.4, 0.5) is 0 Å². The largest absolute Gasteiger partial charge is 0.508 e. The van der Waals surface area contributed by atoms with E-state index >= 15 is 0 Å². The Hall–Kier alpha value is -1.74. The zero-order chi connectivity index (χ0) is 11.4. The first kappa shape index (κ1) is 10.8. The van der Waals surface area contributed by atoms with Gasteiger partial charge in [-0.15, -0.1) is 0 Å². The standard InChI is InChI=1S/C13H14O3/c1-2-15-9-16-13-6-4-10-3-5-12(14)7-11(10)8-13/h3-8,14H,2,9H2,1H3. The van der Waals surface area contributed by atoms with E-state index in [1.54, 1.807) is 12.1 Å². The fraction of sp³-hybridized carbons (Fsp3) is 0.231. The molecular formula is C13H14O3. The molecule has 0 unspecified atom stereocenters. The minimum absolute atomic E-state index is 0.251. The summed E-state index contributed by atoms with van der Waals surface area (Å²) in [7, 11) is 0. The van der Waals surface area contributed by atoms with Crippen LogP contribution in [0.3, 0.4) is 0 Å². The summed E-state index contributed by atoms with van der Waals surface area (Å²) >= 11 is 0. The van der Waals surface area contributed by atoms with Gasteiger partial charge in [0.2, 0.25) is 0 Å². The fourth-order valence-electron chi connectivity index (χ4n) is 1.50. The van der Waals surface area contributed by atoms with Gasteiger partial charge in [-0.1, -0.05) is 12.1 Å². The molecular weight excluding hydrogens is 204 g/mol. The number of hydrogen-bond donors (Lipinski definition) is 1. The summed E-state index contributed by atoms with van der Waals surface area (Å²) in [6.07, 6.45) is 0. The average Bonchev–Trinajstić information content (AvgIpc) is 2.29. The molecule has 0 saturated carbocycles. The van der Waals surface area contributed by atoms with E-state index in [0.29, 0.717) is 6.61 Å². The molecule has 0 radical (unpaired) electrons. The van der Waals surface area contributed by atoms with E-state index in [4.69, 9.17) is 9.47 Å². The smallest absolute Gasteiger partial charge is 0.189 e. The summed E-state index contributed by atoms with van der Waals surface area (Å²) < 4.78 is 10.5. The van der Waals surface area contributed by atoms with Crippen molar-refractivity contribution in [2.45, 2.75) is 6.92 Å². The Morgan fingerprint density at radius 2 is 1.88 bits per heavy atom. The van der Waals surface area contributed by atoms with Crippen molar-refractivity contribution in [3.63, 3.8) is 0 Å². The molecule has 2 rings (SSSR count). The minimum Gasteiger partial charge on any atom is -0.508 e. The van der Waals surface area contributed by atoms with E-state index in [9.17, 15) is 5.11 Å². The molecule has 2 aromatic carbocycles. The molecule has 0 aliphatic heterocycles. The predicted octanol–water partition coefficient (Wildman–Crippen LogP) is 2.92. The lowest BCUT2D eigenvalue weighted by atomic mass is 10.1. The predicted molar refractivity (Wildman–Crippen MR) is 62.7 cm³/mol. The van der Waals surface area contributed by atoms with Crippen LogP contribution < -0.4 is 4.74 Å². The monoisotopic (exact) mass is 218 g/mol. The maximum atomic E-state index is 9.37. The van der Waals surface area contributed by atoms with Gasteiger partial charge in [-0.25, -0.2) is 0 Å². The lowest BCUT2D eigenvalue weighted by Crippen LogP contribution is -2.01. The lowest BCUT2D eigenvalue weighted by molar-refractivity contribution is 0.0225. The SMILES string of the molecule is CCOCOc1ccc2ccc(O)cc2c1. The van der Waals surface area contributed by atoms with Gasteiger partial charge in [-0.05, 0) is 42.0 Å². The van der Waals surface area contributed by atoms with Crippen LogP contribution >= 0.6 is 0 Å². The van der Waals surface area contributed by atoms with Crippen molar-refractivity contribution >= 4 is 10.8 Å². The Kier molecular flexibility index (Phi) is 3.27. The number of fused-ring (bicyclic) bond motifs is 1. The van der Waals surface area contributed by atoms with Gasteiger partial charge in [0.15, 0.2) is 6.79 Å². The van der Waals surface area contributed by atoms with Gasteiger partial charge in [-0.2, -0.15) is 0 Å². The van der Waals surface area contributed by atoms with Gasteiger partial charge in [0.1, 0.15) is 11.5 Å². The molecule has 16 heavy (non-hydrogen) atoms. The number of ether oxygens (including phenoxy) is 2. The Morgan fingerprint density at radius 1 is 1.06 bits per heavy atom. The highest BCUT2D eigenvalue weighted by Crippen LogP contribution is 2.24. The van der Waals surface area contributed by atoms with E-state index in [-0.39, 0.29) is 12.5 Å². The highest BCUT2D eigenvalue weighted by molar-refractivity contribution is 5.85. The minimum atomic E-state index is 0.251. The van der Waals surface area contributed by atoms with Gasteiger partial charge in [0.05, 0.1) is 0 Å². The Bertz CT molecular complexity index is 480. The molecule has 0 saturated heterocycles. The van der Waals surface area contributed by atoms with Crippen LogP contribution in [-0.4, -0.2) is 18.5 Å². The normalized spacial score (nSPS) is 10.6. The van der Waals surface area contributed by atoms with Crippen molar-refractivity contribution in [1.82, 2.24) is 0 Å². The van der Waals surface area contributed by atoms with Crippen molar-refractivity contribution < 1.29 is 14.6 Å². The highest BCUT2D eigenvalue weighted by atomic mass is 16.7. The summed E-state index contributed by atoms with van der Waals surface area (Å²) in [6, 6.07) is 11.0. The quantitative estimate of drug-likeness (QED) is 0.633. The van der Waals surface area contributed by atoms with E-state index in [2.05, 4.69) is 0 Å². The average molecular weight is 218 g/mol. The molecule has 0 aliphatic carbocycles. The third-order valence-corrected chi connectivity index (χ3v) is 2.31. The number of benzene rings is 2. The molecule has 1 N–H and O–H groups in total. The first-order valence-electron chi connectivity index (χ1n) is 5.23. The van der Waals surface area contributed by atoms with Gasteiger partial charge in [0.25, 0.3) is 0 Å². The molecule has 0 atom stereocenters. The maximum Gasteiger partial charge on any atom is 0.189 e. The van der Waals surface area contributed by atoms with Crippen LogP contribution in [0.15, 0.2) is 36.4 Å². The van der Waals surface area contributed by atoms with Gasteiger partial charge >= 0.3 is 0 Å². The van der Waals surface area contributed by atoms with E-state index in [1.807, 2.05) is 31.2 Å². The molecule has 3 heteroatoms. The summed E-state index contributed by atoms with van der Waals surface area (Å²) in [5.41, 5.74) is 0. The van der Waals surface area contributed by atoms with Crippen LogP contribution in [0.25, 0.3) is 10.8 Å². The summed E-state index contributed by atoms with van der Waals surface area (Å²) in [5, 5.41) is 11.4. The van der Waals surface area contributed by atoms with Crippen LogP contribution in [-0.2, 0) is 4.74 Å². The molecule has 0 amide bonds. The van der Waals surface area contributed by atoms with Crippen LogP contribution in [0.2, 0.25) is 0 Å². The summed E-state index contributed by atoms with van der Waals surface area (Å²) in [4.78, 5) is 0. The molecule has 84 valence electrons. The topological polar surface area (TPSA) is 38.7 Å². The molecule has 3 nitrogen and oxygen atoms in total. The number of rotatable bonds is 4. The van der Waals surface area contributed by atoms with Crippen molar-refractivity contribution in [3.05, 3.63) is 36.4 Å².